The molecule has 7 atom stereocenters. The van der Waals surface area contributed by atoms with E-state index in [9.17, 15) is 31.1 Å². The van der Waals surface area contributed by atoms with Crippen LogP contribution in [0.4, 0.5) is 26.3 Å². The van der Waals surface area contributed by atoms with Crippen molar-refractivity contribution in [2.24, 2.45) is 17.8 Å². The molecular weight excluding hydrogens is 584 g/mol. The smallest absolute Gasteiger partial charge is 0.416 e. The summed E-state index contributed by atoms with van der Waals surface area (Å²) in [5.74, 6) is 1.06. The van der Waals surface area contributed by atoms with Crippen molar-refractivity contribution in [3.8, 4) is 5.75 Å². The fourth-order valence-corrected chi connectivity index (χ4v) is 8.40. The Labute approximate surface area is 254 Å². The molecule has 2 aromatic rings. The molecule has 0 N–H and O–H groups in total. The molecule has 2 bridgehead atoms. The van der Waals surface area contributed by atoms with Gasteiger partial charge < -0.3 is 9.47 Å². The number of carbonyl (C=O) groups excluding carboxylic acids is 1. The van der Waals surface area contributed by atoms with Crippen molar-refractivity contribution in [1.82, 2.24) is 4.90 Å². The Balaban J connectivity index is 1.20. The van der Waals surface area contributed by atoms with E-state index in [1.54, 1.807) is 6.92 Å². The van der Waals surface area contributed by atoms with Gasteiger partial charge in [-0.3, -0.25) is 9.69 Å². The molecule has 3 heterocycles. The molecule has 0 aromatic heterocycles. The van der Waals surface area contributed by atoms with E-state index >= 15 is 0 Å². The van der Waals surface area contributed by atoms with Crippen molar-refractivity contribution >= 4 is 5.97 Å². The molecule has 1 saturated carbocycles. The predicted molar refractivity (Wildman–Crippen MR) is 152 cm³/mol. The number of methoxy groups -OCH3 is 1. The highest BCUT2D eigenvalue weighted by atomic mass is 19.4. The summed E-state index contributed by atoms with van der Waals surface area (Å²) in [5.41, 5.74) is -0.176. The Bertz CT molecular complexity index is 1370. The van der Waals surface area contributed by atoms with Gasteiger partial charge in [0.25, 0.3) is 0 Å². The van der Waals surface area contributed by atoms with E-state index in [4.69, 9.17) is 9.47 Å². The lowest BCUT2D eigenvalue weighted by atomic mass is 9.80. The van der Waals surface area contributed by atoms with E-state index < -0.39 is 29.5 Å². The molecule has 6 rings (SSSR count). The summed E-state index contributed by atoms with van der Waals surface area (Å²) in [5, 5.41) is 0. The second kappa shape index (κ2) is 11.6. The van der Waals surface area contributed by atoms with Crippen LogP contribution >= 0.6 is 0 Å². The van der Waals surface area contributed by atoms with Gasteiger partial charge in [0.05, 0.1) is 24.2 Å². The van der Waals surface area contributed by atoms with Crippen LogP contribution in [-0.4, -0.2) is 36.2 Å². The van der Waals surface area contributed by atoms with E-state index in [1.807, 2.05) is 11.8 Å². The summed E-state index contributed by atoms with van der Waals surface area (Å²) in [6.45, 7) is 3.52. The van der Waals surface area contributed by atoms with Crippen molar-refractivity contribution in [1.29, 1.82) is 0 Å². The molecule has 2 saturated heterocycles. The van der Waals surface area contributed by atoms with Gasteiger partial charge in [-0.1, -0.05) is 19.1 Å². The molecule has 3 aliphatic heterocycles. The van der Waals surface area contributed by atoms with Gasteiger partial charge in [-0.05, 0) is 117 Å². The monoisotopic (exact) mass is 623 g/mol. The molecule has 3 fully saturated rings. The largest absolute Gasteiger partial charge is 0.490 e. The maximum atomic E-state index is 13.9. The minimum atomic E-state index is -4.75. The second-order valence-corrected chi connectivity index (χ2v) is 13.3. The SMILES string of the molecule is COC(=O)[C@@H](C)[C@H](c1ccc2c(c1)OC(C1C[C@H]3CC[C@@H](C1)N3[C@@H](C)c1cc(C(F)(F)F)ccc1C(F)(F)F)CC2)C1CC1. The number of halogens is 6. The second-order valence-electron chi connectivity index (χ2n) is 13.3. The highest BCUT2D eigenvalue weighted by molar-refractivity contribution is 5.73. The quantitative estimate of drug-likeness (QED) is 0.229. The summed E-state index contributed by atoms with van der Waals surface area (Å²) < 4.78 is 94.0. The average molecular weight is 624 g/mol. The molecule has 0 spiro atoms. The van der Waals surface area contributed by atoms with E-state index in [0.29, 0.717) is 24.1 Å². The third-order valence-corrected chi connectivity index (χ3v) is 10.6. The van der Waals surface area contributed by atoms with Gasteiger partial charge in [-0.25, -0.2) is 0 Å². The van der Waals surface area contributed by atoms with Crippen molar-refractivity contribution in [3.63, 3.8) is 0 Å². The molecule has 4 nitrogen and oxygen atoms in total. The Morgan fingerprint density at radius 2 is 1.59 bits per heavy atom. The van der Waals surface area contributed by atoms with Crippen LogP contribution in [0.2, 0.25) is 0 Å². The van der Waals surface area contributed by atoms with Crippen molar-refractivity contribution in [2.45, 2.75) is 108 Å². The number of nitrogens with zero attached hydrogens (tertiary/aromatic N) is 1. The Morgan fingerprint density at radius 1 is 0.909 bits per heavy atom. The van der Waals surface area contributed by atoms with E-state index in [-0.39, 0.29) is 47.5 Å². The molecule has 1 aliphatic carbocycles. The van der Waals surface area contributed by atoms with Gasteiger partial charge in [0.15, 0.2) is 0 Å². The van der Waals surface area contributed by atoms with Crippen molar-refractivity contribution < 1.29 is 40.6 Å². The first-order chi connectivity index (χ1) is 20.8. The molecule has 0 amide bonds. The average Bonchev–Trinajstić information content (AvgIpc) is 3.78. The molecule has 10 heteroatoms. The summed E-state index contributed by atoms with van der Waals surface area (Å²) in [6.07, 6.45) is -2.62. The number of rotatable bonds is 7. The standard InChI is InChI=1S/C34H39F6NO3/c1-18(32(42)43-3)31(21-5-6-21)22-7-4-20-8-13-29(44-30(20)16-22)23-14-25-10-11-26(15-23)41(25)19(2)27-17-24(33(35,36)37)9-12-28(27)34(38,39)40/h4,7,9,12,16-19,21,23,25-26,29,31H,5-6,8,10-11,13-15H2,1-3H3/t18-,19-,23?,25-,26+,29?,31-/m0/s1. The van der Waals surface area contributed by atoms with Gasteiger partial charge in [-0.2, -0.15) is 26.3 Å². The van der Waals surface area contributed by atoms with Crippen LogP contribution in [0.5, 0.6) is 5.75 Å². The number of ether oxygens (including phenoxy) is 2. The molecule has 2 aromatic carbocycles. The zero-order valence-corrected chi connectivity index (χ0v) is 25.2. The third-order valence-electron chi connectivity index (χ3n) is 10.6. The van der Waals surface area contributed by atoms with Crippen LogP contribution in [0.15, 0.2) is 36.4 Å². The first-order valence-corrected chi connectivity index (χ1v) is 15.7. The Hall–Kier alpha value is -2.75. The van der Waals surface area contributed by atoms with Crippen LogP contribution < -0.4 is 4.74 Å². The van der Waals surface area contributed by atoms with Gasteiger partial charge >= 0.3 is 18.3 Å². The molecular formula is C34H39F6NO3. The number of fused-ring (bicyclic) bond motifs is 3. The lowest BCUT2D eigenvalue weighted by Gasteiger charge is -2.45. The molecule has 240 valence electrons. The number of alkyl halides is 6. The Kier molecular flexibility index (Phi) is 8.21. The fraction of sp³-hybridized carbons (Fsp3) is 0.618. The minimum Gasteiger partial charge on any atom is -0.490 e. The molecule has 44 heavy (non-hydrogen) atoms. The maximum Gasteiger partial charge on any atom is 0.416 e. The van der Waals surface area contributed by atoms with Crippen LogP contribution in [0.25, 0.3) is 0 Å². The topological polar surface area (TPSA) is 38.8 Å². The van der Waals surface area contributed by atoms with Crippen LogP contribution in [0, 0.1) is 17.8 Å². The summed E-state index contributed by atoms with van der Waals surface area (Å²) in [4.78, 5) is 14.4. The number of hydrogen-bond donors (Lipinski definition) is 0. The van der Waals surface area contributed by atoms with Gasteiger partial charge in [0.2, 0.25) is 0 Å². The lowest BCUT2D eigenvalue weighted by Crippen LogP contribution is -2.48. The summed E-state index contributed by atoms with van der Waals surface area (Å²) in [7, 11) is 1.41. The van der Waals surface area contributed by atoms with Gasteiger partial charge in [0, 0.05) is 18.1 Å². The number of carbonyl (C=O) groups is 1. The summed E-state index contributed by atoms with van der Waals surface area (Å²) >= 11 is 0. The minimum absolute atomic E-state index is 0.0270. The van der Waals surface area contributed by atoms with Crippen molar-refractivity contribution in [2.75, 3.05) is 7.11 Å². The van der Waals surface area contributed by atoms with E-state index in [0.717, 1.165) is 68.2 Å². The summed E-state index contributed by atoms with van der Waals surface area (Å²) in [6, 6.07) is 7.21. The van der Waals surface area contributed by atoms with E-state index in [2.05, 4.69) is 18.2 Å². The molecule has 4 aliphatic rings. The number of aryl methyl sites for hydroxylation is 1. The Morgan fingerprint density at radius 3 is 2.18 bits per heavy atom. The molecule has 0 radical (unpaired) electrons. The first-order valence-electron chi connectivity index (χ1n) is 15.7. The maximum absolute atomic E-state index is 13.9. The number of hydrogen-bond acceptors (Lipinski definition) is 4. The van der Waals surface area contributed by atoms with Gasteiger partial charge in [-0.15, -0.1) is 0 Å². The zero-order chi connectivity index (χ0) is 31.6. The van der Waals surface area contributed by atoms with Gasteiger partial charge in [0.1, 0.15) is 11.9 Å². The number of piperidine rings is 1. The number of esters is 1. The van der Waals surface area contributed by atoms with E-state index in [1.165, 1.54) is 7.11 Å². The highest BCUT2D eigenvalue weighted by Crippen LogP contribution is 2.50. The predicted octanol–water partition coefficient (Wildman–Crippen LogP) is 8.72. The normalized spacial score (nSPS) is 27.7. The van der Waals surface area contributed by atoms with Crippen molar-refractivity contribution in [3.05, 3.63) is 64.2 Å². The molecule has 2 unspecified atom stereocenters. The third kappa shape index (κ3) is 5.95. The number of benzene rings is 2. The van der Waals surface area contributed by atoms with Crippen LogP contribution in [-0.2, 0) is 28.3 Å². The highest BCUT2D eigenvalue weighted by Gasteiger charge is 2.48. The lowest BCUT2D eigenvalue weighted by molar-refractivity contribution is -0.146. The fourth-order valence-electron chi connectivity index (χ4n) is 8.40. The van der Waals surface area contributed by atoms with Crippen LogP contribution in [0.3, 0.4) is 0 Å². The zero-order valence-electron chi connectivity index (χ0n) is 25.2. The first kappa shape index (κ1) is 31.2. The van der Waals surface area contributed by atoms with Crippen LogP contribution in [0.1, 0.15) is 98.6 Å².